The molecule has 4 unspecified atom stereocenters. The molecule has 0 nitrogen and oxygen atoms in total. The third kappa shape index (κ3) is 9.23. The van der Waals surface area contributed by atoms with E-state index in [2.05, 4.69) is 85.9 Å². The van der Waals surface area contributed by atoms with Crippen LogP contribution in [0.4, 0.5) is 0 Å². The third-order valence-electron chi connectivity index (χ3n) is 7.29. The van der Waals surface area contributed by atoms with E-state index in [1.165, 1.54) is 68.9 Å². The molecule has 0 amide bonds. The first-order chi connectivity index (χ1) is 14.1. The van der Waals surface area contributed by atoms with Crippen molar-refractivity contribution in [3.05, 3.63) is 59.8 Å². The van der Waals surface area contributed by atoms with Gasteiger partial charge in [-0.15, -0.1) is 6.58 Å². The summed E-state index contributed by atoms with van der Waals surface area (Å²) in [7, 11) is 0. The summed E-state index contributed by atoms with van der Waals surface area (Å²) < 4.78 is 0. The maximum atomic E-state index is 4.39. The number of hydrogen-bond donors (Lipinski definition) is 0. The lowest BCUT2D eigenvalue weighted by atomic mass is 9.61. The third-order valence-corrected chi connectivity index (χ3v) is 7.29. The molecule has 30 heavy (non-hydrogen) atoms. The summed E-state index contributed by atoms with van der Waals surface area (Å²) in [5.74, 6) is 1.88. The molecule has 0 fully saturated rings. The maximum absolute atomic E-state index is 4.39. The quantitative estimate of drug-likeness (QED) is 0.265. The van der Waals surface area contributed by atoms with Gasteiger partial charge in [0.1, 0.15) is 0 Å². The van der Waals surface area contributed by atoms with Crippen molar-refractivity contribution in [3.63, 3.8) is 0 Å². The first kappa shape index (κ1) is 26.7. The van der Waals surface area contributed by atoms with Crippen LogP contribution in [-0.2, 0) is 0 Å². The van der Waals surface area contributed by atoms with E-state index in [1.54, 1.807) is 11.1 Å². The van der Waals surface area contributed by atoms with E-state index >= 15 is 0 Å². The second kappa shape index (κ2) is 13.2. The molecule has 0 bridgehead atoms. The van der Waals surface area contributed by atoms with E-state index in [4.69, 9.17) is 0 Å². The highest BCUT2D eigenvalue weighted by molar-refractivity contribution is 5.17. The van der Waals surface area contributed by atoms with Crippen LogP contribution in [0.15, 0.2) is 59.8 Å². The van der Waals surface area contributed by atoms with Crippen molar-refractivity contribution in [1.82, 2.24) is 0 Å². The highest BCUT2D eigenvalue weighted by atomic mass is 14.4. The Balaban J connectivity index is 2.94. The molecule has 0 N–H and O–H groups in total. The summed E-state index contributed by atoms with van der Waals surface area (Å²) in [5.41, 5.74) is 6.26. The van der Waals surface area contributed by atoms with Gasteiger partial charge >= 0.3 is 0 Å². The molecule has 0 saturated carbocycles. The summed E-state index contributed by atoms with van der Waals surface area (Å²) in [4.78, 5) is 0. The number of allylic oxidation sites excluding steroid dienone is 8. The van der Waals surface area contributed by atoms with Crippen molar-refractivity contribution in [2.75, 3.05) is 0 Å². The molecule has 1 aliphatic carbocycles. The van der Waals surface area contributed by atoms with Crippen LogP contribution in [0.2, 0.25) is 0 Å². The Bertz CT molecular complexity index is 637. The Hall–Kier alpha value is -1.30. The van der Waals surface area contributed by atoms with Crippen LogP contribution < -0.4 is 0 Å². The van der Waals surface area contributed by atoms with Crippen LogP contribution in [0.25, 0.3) is 0 Å². The lowest BCUT2D eigenvalue weighted by Crippen LogP contribution is -2.34. The summed E-state index contributed by atoms with van der Waals surface area (Å²) >= 11 is 0. The number of hydrogen-bond acceptors (Lipinski definition) is 0. The van der Waals surface area contributed by atoms with Crippen LogP contribution in [0.1, 0.15) is 106 Å². The smallest absolute Gasteiger partial charge is 0.0111 e. The molecule has 4 atom stereocenters. The predicted octanol–water partition coefficient (Wildman–Crippen LogP) is 10.0. The SMILES string of the molecule is C=CC(C)CCCC(C)(CC/C=C(\C)CCC=C(C)C)C1C=C(C)CCC1C(=C)C. The highest BCUT2D eigenvalue weighted by Crippen LogP contribution is 2.49. The van der Waals surface area contributed by atoms with E-state index in [9.17, 15) is 0 Å². The zero-order valence-electron chi connectivity index (χ0n) is 21.3. The summed E-state index contributed by atoms with van der Waals surface area (Å²) in [6.45, 7) is 24.5. The van der Waals surface area contributed by atoms with E-state index in [-0.39, 0.29) is 0 Å². The molecule has 0 aliphatic heterocycles. The molecule has 0 aromatic heterocycles. The first-order valence-electron chi connectivity index (χ1n) is 12.3. The average molecular weight is 411 g/mol. The van der Waals surface area contributed by atoms with Gasteiger partial charge in [0.15, 0.2) is 0 Å². The first-order valence-corrected chi connectivity index (χ1v) is 12.3. The normalized spacial score (nSPS) is 22.6. The van der Waals surface area contributed by atoms with E-state index in [1.807, 2.05) is 0 Å². The Labute approximate surface area is 189 Å². The van der Waals surface area contributed by atoms with Gasteiger partial charge < -0.3 is 0 Å². The standard InChI is InChI=1S/C30H50/c1-10-25(6)16-12-20-30(9,21-13-17-26(7)15-11-14-23(2)3)29-22-27(8)18-19-28(29)24(4)5/h10,14,17,22,25,28-29H,1,4,11-13,15-16,18-21H2,2-3,5-9H3/b26-17+. The highest BCUT2D eigenvalue weighted by Gasteiger charge is 2.38. The molecular weight excluding hydrogens is 360 g/mol. The van der Waals surface area contributed by atoms with Gasteiger partial charge in [0.05, 0.1) is 0 Å². The fourth-order valence-electron chi connectivity index (χ4n) is 5.05. The van der Waals surface area contributed by atoms with Gasteiger partial charge in [0, 0.05) is 0 Å². The average Bonchev–Trinajstić information content (AvgIpc) is 2.67. The lowest BCUT2D eigenvalue weighted by Gasteiger charge is -2.44. The molecule has 0 heteroatoms. The van der Waals surface area contributed by atoms with Crippen molar-refractivity contribution in [2.45, 2.75) is 106 Å². The minimum atomic E-state index is 0.336. The molecule has 170 valence electrons. The molecule has 0 aromatic rings. The van der Waals surface area contributed by atoms with Crippen molar-refractivity contribution < 1.29 is 0 Å². The van der Waals surface area contributed by atoms with E-state index in [0.717, 1.165) is 0 Å². The molecule has 0 heterocycles. The van der Waals surface area contributed by atoms with Gasteiger partial charge in [-0.25, -0.2) is 0 Å². The summed E-state index contributed by atoms with van der Waals surface area (Å²) in [5, 5.41) is 0. The Morgan fingerprint density at radius 1 is 1.17 bits per heavy atom. The van der Waals surface area contributed by atoms with E-state index in [0.29, 0.717) is 23.2 Å². The molecule has 1 aliphatic rings. The van der Waals surface area contributed by atoms with Crippen LogP contribution in [-0.4, -0.2) is 0 Å². The van der Waals surface area contributed by atoms with Crippen LogP contribution in [0, 0.1) is 23.2 Å². The van der Waals surface area contributed by atoms with Crippen molar-refractivity contribution in [3.8, 4) is 0 Å². The maximum Gasteiger partial charge on any atom is -0.0111 e. The second-order valence-electron chi connectivity index (χ2n) is 10.7. The second-order valence-corrected chi connectivity index (χ2v) is 10.7. The minimum absolute atomic E-state index is 0.336. The molecule has 0 spiro atoms. The lowest BCUT2D eigenvalue weighted by molar-refractivity contribution is 0.133. The molecule has 0 aromatic carbocycles. The fraction of sp³-hybridized carbons (Fsp3) is 0.667. The summed E-state index contributed by atoms with van der Waals surface area (Å²) in [6, 6.07) is 0. The van der Waals surface area contributed by atoms with Gasteiger partial charge in [-0.2, -0.15) is 0 Å². The number of rotatable bonds is 13. The van der Waals surface area contributed by atoms with Crippen molar-refractivity contribution in [1.29, 1.82) is 0 Å². The molecule has 0 radical (unpaired) electrons. The van der Waals surface area contributed by atoms with Gasteiger partial charge in [-0.05, 0) is 109 Å². The van der Waals surface area contributed by atoms with Crippen LogP contribution >= 0.6 is 0 Å². The molecular formula is C30H50. The summed E-state index contributed by atoms with van der Waals surface area (Å²) in [6.07, 6.45) is 20.8. The van der Waals surface area contributed by atoms with Crippen molar-refractivity contribution >= 4 is 0 Å². The van der Waals surface area contributed by atoms with Gasteiger partial charge in [-0.1, -0.05) is 73.4 Å². The Morgan fingerprint density at radius 2 is 1.87 bits per heavy atom. The van der Waals surface area contributed by atoms with Gasteiger partial charge in [0.2, 0.25) is 0 Å². The van der Waals surface area contributed by atoms with Crippen LogP contribution in [0.5, 0.6) is 0 Å². The largest absolute Gasteiger partial charge is 0.103 e. The van der Waals surface area contributed by atoms with Gasteiger partial charge in [0.25, 0.3) is 0 Å². The predicted molar refractivity (Wildman–Crippen MR) is 138 cm³/mol. The Kier molecular flexibility index (Phi) is 11.7. The zero-order chi connectivity index (χ0) is 22.7. The monoisotopic (exact) mass is 410 g/mol. The van der Waals surface area contributed by atoms with Crippen LogP contribution in [0.3, 0.4) is 0 Å². The fourth-order valence-corrected chi connectivity index (χ4v) is 5.05. The Morgan fingerprint density at radius 3 is 2.47 bits per heavy atom. The molecule has 1 rings (SSSR count). The van der Waals surface area contributed by atoms with Gasteiger partial charge in [-0.3, -0.25) is 0 Å². The zero-order valence-corrected chi connectivity index (χ0v) is 21.3. The minimum Gasteiger partial charge on any atom is -0.103 e. The van der Waals surface area contributed by atoms with Crippen molar-refractivity contribution in [2.24, 2.45) is 23.2 Å². The molecule has 0 saturated heterocycles. The topological polar surface area (TPSA) is 0 Å². The van der Waals surface area contributed by atoms with E-state index < -0.39 is 0 Å².